The van der Waals surface area contributed by atoms with E-state index in [2.05, 4.69) is 15.9 Å². The number of nitrogen functional groups attached to an aromatic ring is 1. The highest BCUT2D eigenvalue weighted by atomic mass is 79.9. The smallest absolute Gasteiger partial charge is 0.417 e. The molecular weight excluding hydrogens is 263 g/mol. The number of alkyl halides is 3. The van der Waals surface area contributed by atoms with Crippen LogP contribution < -0.4 is 10.5 Å². The van der Waals surface area contributed by atoms with Crippen LogP contribution in [0.4, 0.5) is 18.9 Å². The summed E-state index contributed by atoms with van der Waals surface area (Å²) in [5.41, 5.74) is 4.47. The molecule has 0 saturated heterocycles. The van der Waals surface area contributed by atoms with E-state index in [-0.39, 0.29) is 15.9 Å². The Kier molecular flexibility index (Phi) is 2.94. The molecule has 0 aliphatic heterocycles. The van der Waals surface area contributed by atoms with E-state index in [1.54, 1.807) is 0 Å². The van der Waals surface area contributed by atoms with Crippen molar-refractivity contribution in [3.8, 4) is 5.75 Å². The molecule has 0 aliphatic rings. The van der Waals surface area contributed by atoms with Crippen molar-refractivity contribution in [3.63, 3.8) is 0 Å². The van der Waals surface area contributed by atoms with Crippen molar-refractivity contribution >= 4 is 21.6 Å². The summed E-state index contributed by atoms with van der Waals surface area (Å²) in [5, 5.41) is 0. The lowest BCUT2D eigenvalue weighted by molar-refractivity contribution is -0.138. The van der Waals surface area contributed by atoms with Gasteiger partial charge in [-0.15, -0.1) is 0 Å². The Morgan fingerprint density at radius 1 is 1.36 bits per heavy atom. The lowest BCUT2D eigenvalue weighted by Crippen LogP contribution is -2.07. The first kappa shape index (κ1) is 11.2. The molecule has 0 amide bonds. The minimum atomic E-state index is -4.44. The predicted molar refractivity (Wildman–Crippen MR) is 50.1 cm³/mol. The molecule has 0 heterocycles. The Balaban J connectivity index is 3.37. The molecule has 0 saturated carbocycles. The van der Waals surface area contributed by atoms with Gasteiger partial charge in [-0.3, -0.25) is 0 Å². The van der Waals surface area contributed by atoms with Gasteiger partial charge in [0.15, 0.2) is 0 Å². The van der Waals surface area contributed by atoms with Crippen LogP contribution in [0.5, 0.6) is 5.75 Å². The molecule has 1 aromatic rings. The number of nitrogens with two attached hydrogens (primary N) is 1. The van der Waals surface area contributed by atoms with Crippen molar-refractivity contribution in [3.05, 3.63) is 22.2 Å². The SMILES string of the molecule is COc1cc(N)cc(C(F)(F)F)c1Br. The summed E-state index contributed by atoms with van der Waals surface area (Å²) in [6.45, 7) is 0. The molecule has 0 spiro atoms. The van der Waals surface area contributed by atoms with Gasteiger partial charge in [0.2, 0.25) is 0 Å². The van der Waals surface area contributed by atoms with Crippen LogP contribution in [-0.4, -0.2) is 7.11 Å². The van der Waals surface area contributed by atoms with Gasteiger partial charge in [0.1, 0.15) is 5.75 Å². The van der Waals surface area contributed by atoms with Gasteiger partial charge in [0.25, 0.3) is 0 Å². The Morgan fingerprint density at radius 3 is 2.36 bits per heavy atom. The molecule has 0 bridgehead atoms. The fourth-order valence-electron chi connectivity index (χ4n) is 0.974. The minimum absolute atomic E-state index is 0.0115. The summed E-state index contributed by atoms with van der Waals surface area (Å²) in [7, 11) is 1.28. The molecule has 2 nitrogen and oxygen atoms in total. The van der Waals surface area contributed by atoms with Crippen LogP contribution in [-0.2, 0) is 6.18 Å². The Labute approximate surface area is 87.0 Å². The van der Waals surface area contributed by atoms with Crippen LogP contribution in [0.1, 0.15) is 5.56 Å². The van der Waals surface area contributed by atoms with E-state index in [9.17, 15) is 13.2 Å². The van der Waals surface area contributed by atoms with E-state index in [0.29, 0.717) is 0 Å². The normalized spacial score (nSPS) is 11.5. The van der Waals surface area contributed by atoms with E-state index in [0.717, 1.165) is 6.07 Å². The summed E-state index contributed by atoms with van der Waals surface area (Å²) < 4.78 is 41.8. The van der Waals surface area contributed by atoms with Crippen LogP contribution >= 0.6 is 15.9 Å². The monoisotopic (exact) mass is 269 g/mol. The predicted octanol–water partition coefficient (Wildman–Crippen LogP) is 3.06. The maximum absolute atomic E-state index is 12.4. The summed E-state index contributed by atoms with van der Waals surface area (Å²) in [5.74, 6) is 0.0670. The zero-order valence-electron chi connectivity index (χ0n) is 7.15. The molecule has 0 aromatic heterocycles. The van der Waals surface area contributed by atoms with Gasteiger partial charge in [0.05, 0.1) is 17.1 Å². The number of rotatable bonds is 1. The third-order valence-corrected chi connectivity index (χ3v) is 2.40. The maximum Gasteiger partial charge on any atom is 0.417 e. The van der Waals surface area contributed by atoms with Gasteiger partial charge < -0.3 is 10.5 Å². The second kappa shape index (κ2) is 3.68. The maximum atomic E-state index is 12.4. The Hall–Kier alpha value is -0.910. The number of benzene rings is 1. The fourth-order valence-corrected chi connectivity index (χ4v) is 1.59. The van der Waals surface area contributed by atoms with Crippen molar-refractivity contribution < 1.29 is 17.9 Å². The largest absolute Gasteiger partial charge is 0.495 e. The molecular formula is C8H7BrF3NO. The molecule has 78 valence electrons. The van der Waals surface area contributed by atoms with Gasteiger partial charge in [-0.2, -0.15) is 13.2 Å². The molecule has 1 rings (SSSR count). The van der Waals surface area contributed by atoms with Crippen LogP contribution in [0.15, 0.2) is 16.6 Å². The van der Waals surface area contributed by atoms with Crippen molar-refractivity contribution in [1.82, 2.24) is 0 Å². The molecule has 6 heteroatoms. The first-order valence-electron chi connectivity index (χ1n) is 3.56. The van der Waals surface area contributed by atoms with Gasteiger partial charge in [0, 0.05) is 11.8 Å². The topological polar surface area (TPSA) is 35.2 Å². The molecule has 0 aliphatic carbocycles. The zero-order valence-corrected chi connectivity index (χ0v) is 8.74. The van der Waals surface area contributed by atoms with Gasteiger partial charge >= 0.3 is 6.18 Å². The first-order chi connectivity index (χ1) is 6.36. The molecule has 2 N–H and O–H groups in total. The van der Waals surface area contributed by atoms with Crippen molar-refractivity contribution in [2.45, 2.75) is 6.18 Å². The standard InChI is InChI=1S/C8H7BrF3NO/c1-14-6-3-4(13)2-5(7(6)9)8(10,11)12/h2-3H,13H2,1H3. The highest BCUT2D eigenvalue weighted by Crippen LogP contribution is 2.40. The van der Waals surface area contributed by atoms with Crippen LogP contribution in [0.25, 0.3) is 0 Å². The van der Waals surface area contributed by atoms with Crippen molar-refractivity contribution in [2.24, 2.45) is 0 Å². The average molecular weight is 270 g/mol. The van der Waals surface area contributed by atoms with Gasteiger partial charge in [-0.1, -0.05) is 0 Å². The van der Waals surface area contributed by atoms with E-state index in [1.165, 1.54) is 13.2 Å². The molecule has 1 aromatic carbocycles. The van der Waals surface area contributed by atoms with Crippen LogP contribution in [0, 0.1) is 0 Å². The van der Waals surface area contributed by atoms with E-state index in [1.807, 2.05) is 0 Å². The third-order valence-electron chi connectivity index (χ3n) is 1.59. The number of anilines is 1. The molecule has 0 atom stereocenters. The van der Waals surface area contributed by atoms with E-state index >= 15 is 0 Å². The van der Waals surface area contributed by atoms with Crippen molar-refractivity contribution in [1.29, 1.82) is 0 Å². The number of hydrogen-bond donors (Lipinski definition) is 1. The summed E-state index contributed by atoms with van der Waals surface area (Å²) in [6.07, 6.45) is -4.44. The summed E-state index contributed by atoms with van der Waals surface area (Å²) in [4.78, 5) is 0. The van der Waals surface area contributed by atoms with Crippen molar-refractivity contribution in [2.75, 3.05) is 12.8 Å². The highest BCUT2D eigenvalue weighted by Gasteiger charge is 2.34. The lowest BCUT2D eigenvalue weighted by Gasteiger charge is -2.12. The van der Waals surface area contributed by atoms with Crippen LogP contribution in [0.2, 0.25) is 0 Å². The summed E-state index contributed by atoms with van der Waals surface area (Å²) in [6, 6.07) is 2.17. The fraction of sp³-hybridized carbons (Fsp3) is 0.250. The molecule has 0 radical (unpaired) electrons. The number of halogens is 4. The molecule has 0 unspecified atom stereocenters. The highest BCUT2D eigenvalue weighted by molar-refractivity contribution is 9.10. The quantitative estimate of drug-likeness (QED) is 0.796. The average Bonchev–Trinajstić information content (AvgIpc) is 2.06. The second-order valence-corrected chi connectivity index (χ2v) is 3.38. The number of hydrogen-bond acceptors (Lipinski definition) is 2. The van der Waals surface area contributed by atoms with Gasteiger partial charge in [-0.05, 0) is 22.0 Å². The van der Waals surface area contributed by atoms with Crippen LogP contribution in [0.3, 0.4) is 0 Å². The third kappa shape index (κ3) is 2.12. The molecule has 0 fully saturated rings. The zero-order chi connectivity index (χ0) is 10.9. The van der Waals surface area contributed by atoms with E-state index in [4.69, 9.17) is 10.5 Å². The Morgan fingerprint density at radius 2 is 1.93 bits per heavy atom. The number of ether oxygens (including phenoxy) is 1. The minimum Gasteiger partial charge on any atom is -0.495 e. The Bertz CT molecular complexity index is 351. The first-order valence-corrected chi connectivity index (χ1v) is 4.35. The van der Waals surface area contributed by atoms with Gasteiger partial charge in [-0.25, -0.2) is 0 Å². The summed E-state index contributed by atoms with van der Waals surface area (Å²) >= 11 is 2.81. The second-order valence-electron chi connectivity index (χ2n) is 2.58. The lowest BCUT2D eigenvalue weighted by atomic mass is 10.2. The van der Waals surface area contributed by atoms with E-state index < -0.39 is 11.7 Å². The number of methoxy groups -OCH3 is 1. The molecule has 14 heavy (non-hydrogen) atoms.